The molecule has 1 aliphatic rings. The van der Waals surface area contributed by atoms with E-state index in [9.17, 15) is 0 Å². The normalized spacial score (nSPS) is 14.9. The number of benzene rings is 2. The largest absolute Gasteiger partial charge is 0.372 e. The summed E-state index contributed by atoms with van der Waals surface area (Å²) in [5.74, 6) is 0. The first-order valence-electron chi connectivity index (χ1n) is 14.1. The topological polar surface area (TPSA) is 19.9 Å². The molecule has 0 atom stereocenters. The Kier molecular flexibility index (Phi) is 11.9. The van der Waals surface area contributed by atoms with Crippen molar-refractivity contribution in [2.24, 2.45) is 0 Å². The van der Waals surface area contributed by atoms with Gasteiger partial charge in [0.15, 0.2) is 0 Å². The quantitative estimate of drug-likeness (QED) is 0.266. The van der Waals surface area contributed by atoms with Crippen molar-refractivity contribution >= 4 is 11.3 Å². The average Bonchev–Trinajstić information content (AvgIpc) is 2.90. The van der Waals surface area contributed by atoms with Crippen molar-refractivity contribution in [2.45, 2.75) is 78.2 Å². The highest BCUT2D eigenvalue weighted by Gasteiger charge is 2.14. The van der Waals surface area contributed by atoms with Crippen molar-refractivity contribution in [1.29, 1.82) is 0 Å². The molecule has 0 radical (unpaired) electrons. The Balaban J connectivity index is 1.68. The SMILES string of the molecule is CCCCCCCCCCN(CC)c1ccc(C(=C2C=CC([NH2+]CC)C=C2)c2ccccc2)cc1. The molecule has 35 heavy (non-hydrogen) atoms. The average molecular weight is 472 g/mol. The van der Waals surface area contributed by atoms with Crippen LogP contribution in [0.2, 0.25) is 0 Å². The summed E-state index contributed by atoms with van der Waals surface area (Å²) in [6.45, 7) is 10.1. The van der Waals surface area contributed by atoms with E-state index in [1.165, 1.54) is 79.3 Å². The van der Waals surface area contributed by atoms with Crippen molar-refractivity contribution in [3.8, 4) is 0 Å². The van der Waals surface area contributed by atoms with Gasteiger partial charge in [-0.3, -0.25) is 0 Å². The van der Waals surface area contributed by atoms with Gasteiger partial charge in [-0.2, -0.15) is 0 Å². The lowest BCUT2D eigenvalue weighted by atomic mass is 9.90. The van der Waals surface area contributed by atoms with Crippen LogP contribution in [0.1, 0.15) is 83.3 Å². The van der Waals surface area contributed by atoms with E-state index in [0.29, 0.717) is 6.04 Å². The van der Waals surface area contributed by atoms with Crippen LogP contribution in [0.15, 0.2) is 84.5 Å². The van der Waals surface area contributed by atoms with Crippen LogP contribution in [-0.4, -0.2) is 25.7 Å². The van der Waals surface area contributed by atoms with Gasteiger partial charge in [0.25, 0.3) is 0 Å². The molecule has 0 aliphatic heterocycles. The van der Waals surface area contributed by atoms with Crippen LogP contribution in [0.4, 0.5) is 5.69 Å². The van der Waals surface area contributed by atoms with Crippen molar-refractivity contribution in [2.75, 3.05) is 24.5 Å². The molecule has 3 rings (SSSR count). The number of anilines is 1. The minimum Gasteiger partial charge on any atom is -0.372 e. The van der Waals surface area contributed by atoms with Crippen LogP contribution in [0.25, 0.3) is 5.57 Å². The number of quaternary nitrogens is 1. The van der Waals surface area contributed by atoms with Gasteiger partial charge in [0.05, 0.1) is 6.54 Å². The fourth-order valence-corrected chi connectivity index (χ4v) is 5.00. The molecule has 188 valence electrons. The van der Waals surface area contributed by atoms with Gasteiger partial charge in [0, 0.05) is 18.8 Å². The van der Waals surface area contributed by atoms with Gasteiger partial charge in [-0.15, -0.1) is 0 Å². The number of hydrogen-bond donors (Lipinski definition) is 1. The lowest BCUT2D eigenvalue weighted by Gasteiger charge is -2.24. The maximum absolute atomic E-state index is 2.53. The van der Waals surface area contributed by atoms with Gasteiger partial charge in [0.2, 0.25) is 0 Å². The smallest absolute Gasteiger partial charge is 0.124 e. The molecule has 0 saturated heterocycles. The lowest BCUT2D eigenvalue weighted by molar-refractivity contribution is -0.666. The van der Waals surface area contributed by atoms with E-state index in [0.717, 1.165) is 19.6 Å². The van der Waals surface area contributed by atoms with Gasteiger partial charge in [0.1, 0.15) is 6.04 Å². The fourth-order valence-electron chi connectivity index (χ4n) is 5.00. The molecule has 2 aromatic rings. The lowest BCUT2D eigenvalue weighted by Crippen LogP contribution is -2.88. The summed E-state index contributed by atoms with van der Waals surface area (Å²) in [7, 11) is 0. The Labute approximate surface area is 214 Å². The summed E-state index contributed by atoms with van der Waals surface area (Å²) < 4.78 is 0. The Hall–Kier alpha value is -2.58. The number of nitrogens with two attached hydrogens (primary N) is 1. The maximum Gasteiger partial charge on any atom is 0.124 e. The summed E-state index contributed by atoms with van der Waals surface area (Å²) in [4.78, 5) is 2.53. The van der Waals surface area contributed by atoms with Gasteiger partial charge in [-0.05, 0) is 66.8 Å². The molecule has 0 saturated carbocycles. The molecule has 2 N–H and O–H groups in total. The number of unbranched alkanes of at least 4 members (excludes halogenated alkanes) is 7. The van der Waals surface area contributed by atoms with Crippen molar-refractivity contribution in [3.63, 3.8) is 0 Å². The second-order valence-electron chi connectivity index (χ2n) is 9.74. The first kappa shape index (κ1) is 27.0. The van der Waals surface area contributed by atoms with E-state index in [4.69, 9.17) is 0 Å². The minimum atomic E-state index is 0.442. The van der Waals surface area contributed by atoms with E-state index >= 15 is 0 Å². The second-order valence-corrected chi connectivity index (χ2v) is 9.74. The number of hydrogen-bond acceptors (Lipinski definition) is 1. The number of rotatable bonds is 15. The second kappa shape index (κ2) is 15.4. The number of nitrogens with zero attached hydrogens (tertiary/aromatic N) is 1. The minimum absolute atomic E-state index is 0.442. The molecule has 0 fully saturated rings. The van der Waals surface area contributed by atoms with Crippen molar-refractivity contribution < 1.29 is 5.32 Å². The molecule has 0 heterocycles. The summed E-state index contributed by atoms with van der Waals surface area (Å²) >= 11 is 0. The van der Waals surface area contributed by atoms with E-state index in [2.05, 4.69) is 110 Å². The van der Waals surface area contributed by atoms with E-state index < -0.39 is 0 Å². The zero-order valence-corrected chi connectivity index (χ0v) is 22.4. The van der Waals surface area contributed by atoms with Gasteiger partial charge < -0.3 is 10.2 Å². The molecular weight excluding hydrogens is 424 g/mol. The van der Waals surface area contributed by atoms with Gasteiger partial charge >= 0.3 is 0 Å². The van der Waals surface area contributed by atoms with Crippen molar-refractivity contribution in [1.82, 2.24) is 0 Å². The summed E-state index contributed by atoms with van der Waals surface area (Å²) in [5, 5.41) is 2.35. The monoisotopic (exact) mass is 471 g/mol. The molecule has 1 aliphatic carbocycles. The summed E-state index contributed by atoms with van der Waals surface area (Å²) in [6, 6.07) is 20.5. The van der Waals surface area contributed by atoms with E-state index in [1.807, 2.05) is 0 Å². The number of likely N-dealkylation sites (N-methyl/N-ethyl adjacent to an activating group) is 1. The summed E-state index contributed by atoms with van der Waals surface area (Å²) in [6.07, 6.45) is 20.2. The zero-order chi connectivity index (χ0) is 24.7. The van der Waals surface area contributed by atoms with Crippen LogP contribution in [-0.2, 0) is 0 Å². The summed E-state index contributed by atoms with van der Waals surface area (Å²) in [5.41, 5.74) is 6.49. The molecule has 0 spiro atoms. The van der Waals surface area contributed by atoms with Crippen LogP contribution in [0.3, 0.4) is 0 Å². The third-order valence-electron chi connectivity index (χ3n) is 7.04. The zero-order valence-electron chi connectivity index (χ0n) is 22.4. The van der Waals surface area contributed by atoms with Crippen LogP contribution >= 0.6 is 0 Å². The Bertz CT molecular complexity index is 921. The van der Waals surface area contributed by atoms with Crippen LogP contribution in [0.5, 0.6) is 0 Å². The van der Waals surface area contributed by atoms with Gasteiger partial charge in [-0.25, -0.2) is 0 Å². The molecule has 0 bridgehead atoms. The molecule has 0 aromatic heterocycles. The molecule has 2 nitrogen and oxygen atoms in total. The first-order chi connectivity index (χ1) is 17.3. The highest BCUT2D eigenvalue weighted by Crippen LogP contribution is 2.31. The molecule has 2 heteroatoms. The fraction of sp³-hybridized carbons (Fsp3) is 0.455. The molecular formula is C33H47N2+. The standard InChI is InChI=1S/C33H46N2/c1-4-7-8-9-10-11-12-16-27-35(6-3)32-25-21-30(22-26-32)33(28-17-14-13-15-18-28)29-19-23-31(24-20-29)34-5-2/h13-15,17-26,31,34H,4-12,16,27H2,1-3H3/p+1. The van der Waals surface area contributed by atoms with E-state index in [1.54, 1.807) is 0 Å². The Morgan fingerprint density at radius 2 is 1.31 bits per heavy atom. The Morgan fingerprint density at radius 1 is 0.714 bits per heavy atom. The predicted molar refractivity (Wildman–Crippen MR) is 154 cm³/mol. The Morgan fingerprint density at radius 3 is 1.91 bits per heavy atom. The van der Waals surface area contributed by atoms with Gasteiger partial charge in [-0.1, -0.05) is 106 Å². The predicted octanol–water partition coefficient (Wildman–Crippen LogP) is 7.53. The highest BCUT2D eigenvalue weighted by molar-refractivity contribution is 5.86. The number of allylic oxidation sites excluding steroid dienone is 3. The third-order valence-corrected chi connectivity index (χ3v) is 7.04. The van der Waals surface area contributed by atoms with E-state index in [-0.39, 0.29) is 0 Å². The maximum atomic E-state index is 2.53. The van der Waals surface area contributed by atoms with Crippen LogP contribution < -0.4 is 10.2 Å². The molecule has 0 amide bonds. The molecule has 0 unspecified atom stereocenters. The molecule has 2 aromatic carbocycles. The van der Waals surface area contributed by atoms with Crippen molar-refractivity contribution in [3.05, 3.63) is 95.6 Å². The highest BCUT2D eigenvalue weighted by atomic mass is 15.1. The third kappa shape index (κ3) is 8.54. The van der Waals surface area contributed by atoms with Crippen LogP contribution in [0, 0.1) is 0 Å². The first-order valence-corrected chi connectivity index (χ1v) is 14.1.